The van der Waals surface area contributed by atoms with Gasteiger partial charge in [-0.2, -0.15) is 0 Å². The summed E-state index contributed by atoms with van der Waals surface area (Å²) in [6.45, 7) is 2.19. The van der Waals surface area contributed by atoms with Crippen LogP contribution in [0, 0.1) is 0 Å². The van der Waals surface area contributed by atoms with Crippen molar-refractivity contribution in [3.63, 3.8) is 0 Å². The largest absolute Gasteiger partial charge is 0.488 e. The van der Waals surface area contributed by atoms with E-state index in [1.807, 2.05) is 6.92 Å². The molecule has 2 atom stereocenters. The summed E-state index contributed by atoms with van der Waals surface area (Å²) < 4.78 is 39.6. The van der Waals surface area contributed by atoms with Crippen LogP contribution in [-0.2, 0) is 14.4 Å². The van der Waals surface area contributed by atoms with E-state index in [1.165, 1.54) is 19.2 Å². The Morgan fingerprint density at radius 3 is 2.30 bits per heavy atom. The average molecular weight is 411 g/mol. The van der Waals surface area contributed by atoms with E-state index in [0.717, 1.165) is 6.26 Å². The highest BCUT2D eigenvalue weighted by molar-refractivity contribution is 7.90. The monoisotopic (exact) mass is 411 g/mol. The fourth-order valence-corrected chi connectivity index (χ4v) is 3.17. The van der Waals surface area contributed by atoms with Gasteiger partial charge in [-0.3, -0.25) is 4.79 Å². The third-order valence-corrected chi connectivity index (χ3v) is 4.85. The molecular weight excluding hydrogens is 389 g/mol. The highest BCUT2D eigenvalue weighted by Crippen LogP contribution is 2.29. The van der Waals surface area contributed by atoms with Crippen molar-refractivity contribution in [1.29, 1.82) is 0 Å². The number of ether oxygens (including phenoxy) is 2. The molecular formula is C18H22NO6PS. The minimum absolute atomic E-state index is 0.198. The van der Waals surface area contributed by atoms with E-state index in [0.29, 0.717) is 29.4 Å². The number of nitrogens with one attached hydrogen (secondary N) is 1. The van der Waals surface area contributed by atoms with Gasteiger partial charge in [0.1, 0.15) is 23.4 Å². The number of hydrogen-bond donors (Lipinski definition) is 1. The number of carbonyl (C=O) groups is 1. The third kappa shape index (κ3) is 6.20. The first-order valence-corrected chi connectivity index (χ1v) is 10.4. The molecule has 0 aromatic heterocycles. The Hall–Kier alpha value is -2.15. The molecule has 9 heteroatoms. The summed E-state index contributed by atoms with van der Waals surface area (Å²) in [5.41, 5.74) is 0.372. The number of benzene rings is 2. The lowest BCUT2D eigenvalue weighted by Gasteiger charge is -2.16. The van der Waals surface area contributed by atoms with Crippen molar-refractivity contribution in [2.75, 3.05) is 19.9 Å². The smallest absolute Gasteiger partial charge is 0.251 e. The zero-order chi connectivity index (χ0) is 20.0. The molecule has 1 unspecified atom stereocenters. The summed E-state index contributed by atoms with van der Waals surface area (Å²) in [5, 5.41) is 2.56. The first-order chi connectivity index (χ1) is 12.7. The normalized spacial score (nSPS) is 12.3. The summed E-state index contributed by atoms with van der Waals surface area (Å²) in [6, 6.07) is 10.9. The van der Waals surface area contributed by atoms with Crippen molar-refractivity contribution in [3.05, 3.63) is 48.0 Å². The first-order valence-electron chi connectivity index (χ1n) is 8.06. The molecule has 0 bridgehead atoms. The maximum atomic E-state index is 12.0. The number of sulfone groups is 1. The van der Waals surface area contributed by atoms with E-state index < -0.39 is 9.84 Å². The van der Waals surface area contributed by atoms with Crippen LogP contribution in [0.5, 0.6) is 17.2 Å². The summed E-state index contributed by atoms with van der Waals surface area (Å²) in [4.78, 5) is 12.2. The summed E-state index contributed by atoms with van der Waals surface area (Å²) in [5.74, 6) is 0.988. The molecule has 0 saturated heterocycles. The predicted molar refractivity (Wildman–Crippen MR) is 105 cm³/mol. The van der Waals surface area contributed by atoms with Crippen LogP contribution < -0.4 is 14.8 Å². The number of carbonyl (C=O) groups excluding carboxylic acids is 1. The zero-order valence-electron chi connectivity index (χ0n) is 15.3. The molecule has 0 aliphatic heterocycles. The molecule has 0 heterocycles. The standard InChI is InChI=1S/C18H22NO6PS/c1-12(11-23-26)24-15-8-13(18(20)19-2)9-16(10-15)25-14-4-6-17(7-5-14)27(3,21)22/h4-10,12H,11,26H2,1-3H3,(H,19,20)/t12-/m0/s1. The van der Waals surface area contributed by atoms with Crippen LogP contribution in [0.4, 0.5) is 0 Å². The van der Waals surface area contributed by atoms with Crippen molar-refractivity contribution in [1.82, 2.24) is 5.32 Å². The Bertz CT molecular complexity index is 899. The van der Waals surface area contributed by atoms with Gasteiger partial charge >= 0.3 is 0 Å². The van der Waals surface area contributed by atoms with Crippen molar-refractivity contribution >= 4 is 25.2 Å². The predicted octanol–water partition coefficient (Wildman–Crippen LogP) is 2.82. The van der Waals surface area contributed by atoms with Gasteiger partial charge in [0, 0.05) is 34.4 Å². The summed E-state index contributed by atoms with van der Waals surface area (Å²) >= 11 is 0. The Morgan fingerprint density at radius 2 is 1.74 bits per heavy atom. The molecule has 2 aromatic rings. The lowest BCUT2D eigenvalue weighted by molar-refractivity contribution is 0.0961. The Kier molecular flexibility index (Phi) is 7.18. The second-order valence-electron chi connectivity index (χ2n) is 5.88. The first kappa shape index (κ1) is 21.2. The number of hydrogen-bond acceptors (Lipinski definition) is 6. The van der Waals surface area contributed by atoms with Crippen LogP contribution in [0.3, 0.4) is 0 Å². The fraction of sp³-hybridized carbons (Fsp3) is 0.278. The molecule has 2 aromatic carbocycles. The van der Waals surface area contributed by atoms with Crippen molar-refractivity contribution in [3.8, 4) is 17.2 Å². The molecule has 146 valence electrons. The lowest BCUT2D eigenvalue weighted by Crippen LogP contribution is -2.19. The van der Waals surface area contributed by atoms with Crippen LogP contribution >= 0.6 is 9.47 Å². The molecule has 0 aliphatic carbocycles. The van der Waals surface area contributed by atoms with Gasteiger partial charge in [-0.15, -0.1) is 0 Å². The second kappa shape index (κ2) is 9.17. The van der Waals surface area contributed by atoms with Gasteiger partial charge in [0.25, 0.3) is 5.91 Å². The average Bonchev–Trinajstić information content (AvgIpc) is 2.60. The van der Waals surface area contributed by atoms with E-state index >= 15 is 0 Å². The van der Waals surface area contributed by atoms with Gasteiger partial charge in [-0.25, -0.2) is 8.42 Å². The molecule has 7 nitrogen and oxygen atoms in total. The molecule has 0 saturated carbocycles. The number of amides is 1. The fourth-order valence-electron chi connectivity index (χ4n) is 2.27. The molecule has 0 radical (unpaired) electrons. The lowest BCUT2D eigenvalue weighted by atomic mass is 10.2. The Labute approximate surface area is 161 Å². The maximum absolute atomic E-state index is 12.0. The molecule has 27 heavy (non-hydrogen) atoms. The van der Waals surface area contributed by atoms with Crippen molar-refractivity contribution < 1.29 is 27.2 Å². The highest BCUT2D eigenvalue weighted by Gasteiger charge is 2.13. The molecule has 0 aliphatic rings. The van der Waals surface area contributed by atoms with Gasteiger partial charge in [0.2, 0.25) is 0 Å². The topological polar surface area (TPSA) is 90.9 Å². The highest BCUT2D eigenvalue weighted by atomic mass is 32.2. The van der Waals surface area contributed by atoms with Crippen LogP contribution in [0.25, 0.3) is 0 Å². The van der Waals surface area contributed by atoms with Crippen molar-refractivity contribution in [2.45, 2.75) is 17.9 Å². The molecule has 1 N–H and O–H groups in total. The minimum Gasteiger partial charge on any atom is -0.488 e. The van der Waals surface area contributed by atoms with E-state index in [-0.39, 0.29) is 16.9 Å². The van der Waals surface area contributed by atoms with Crippen LogP contribution in [0.1, 0.15) is 17.3 Å². The zero-order valence-corrected chi connectivity index (χ0v) is 17.2. The quantitative estimate of drug-likeness (QED) is 0.672. The summed E-state index contributed by atoms with van der Waals surface area (Å²) in [7, 11) is 0.408. The third-order valence-electron chi connectivity index (χ3n) is 3.53. The van der Waals surface area contributed by atoms with Gasteiger partial charge in [0.05, 0.1) is 11.5 Å². The molecule has 0 fully saturated rings. The van der Waals surface area contributed by atoms with E-state index in [9.17, 15) is 13.2 Å². The van der Waals surface area contributed by atoms with Crippen LogP contribution in [0.2, 0.25) is 0 Å². The van der Waals surface area contributed by atoms with Crippen LogP contribution in [-0.4, -0.2) is 40.3 Å². The van der Waals surface area contributed by atoms with E-state index in [1.54, 1.807) is 30.3 Å². The Balaban J connectivity index is 2.30. The molecule has 1 amide bonds. The Morgan fingerprint density at radius 1 is 1.11 bits per heavy atom. The SMILES string of the molecule is CNC(=O)c1cc(Oc2ccc(S(C)(=O)=O)cc2)cc(O[C@@H](C)COP)c1. The van der Waals surface area contributed by atoms with E-state index in [4.69, 9.17) is 14.0 Å². The van der Waals surface area contributed by atoms with Crippen molar-refractivity contribution in [2.24, 2.45) is 0 Å². The van der Waals surface area contributed by atoms with Gasteiger partial charge in [-0.1, -0.05) is 0 Å². The van der Waals surface area contributed by atoms with Gasteiger partial charge in [-0.05, 0) is 43.3 Å². The van der Waals surface area contributed by atoms with Gasteiger partial charge < -0.3 is 19.3 Å². The molecule has 0 spiro atoms. The van der Waals surface area contributed by atoms with E-state index in [2.05, 4.69) is 14.8 Å². The van der Waals surface area contributed by atoms with Crippen LogP contribution in [0.15, 0.2) is 47.4 Å². The summed E-state index contributed by atoms with van der Waals surface area (Å²) in [6.07, 6.45) is 0.906. The molecule has 2 rings (SSSR count). The second-order valence-corrected chi connectivity index (χ2v) is 8.23. The number of rotatable bonds is 8. The van der Waals surface area contributed by atoms with Gasteiger partial charge in [0.15, 0.2) is 9.84 Å². The minimum atomic E-state index is -3.28. The maximum Gasteiger partial charge on any atom is 0.251 e.